The van der Waals surface area contributed by atoms with E-state index in [0.29, 0.717) is 10.8 Å². The summed E-state index contributed by atoms with van der Waals surface area (Å²) in [5, 5.41) is 0.710. The van der Waals surface area contributed by atoms with Crippen LogP contribution >= 0.6 is 23.4 Å². The Bertz CT molecular complexity index is 869. The molecule has 1 aromatic heterocycles. The van der Waals surface area contributed by atoms with E-state index in [-0.39, 0.29) is 11.8 Å². The molecule has 6 heteroatoms. The van der Waals surface area contributed by atoms with Crippen LogP contribution in [0.1, 0.15) is 24.7 Å². The van der Waals surface area contributed by atoms with Gasteiger partial charge in [0.2, 0.25) is 5.91 Å². The lowest BCUT2D eigenvalue weighted by Crippen LogP contribution is -2.39. The number of nitrogens with zero attached hydrogens (tertiary/aromatic N) is 2. The molecule has 2 aromatic carbocycles. The third-order valence-electron chi connectivity index (χ3n) is 4.68. The fraction of sp³-hybridized carbons (Fsp3) is 0.300. The van der Waals surface area contributed by atoms with E-state index in [1.54, 1.807) is 11.8 Å². The van der Waals surface area contributed by atoms with E-state index >= 15 is 0 Å². The van der Waals surface area contributed by atoms with E-state index in [2.05, 4.69) is 4.98 Å². The molecule has 0 atom stereocenters. The number of thioether (sulfide) groups is 1. The number of piperidine rings is 1. The fourth-order valence-corrected chi connectivity index (χ4v) is 4.13. The highest BCUT2D eigenvalue weighted by Gasteiger charge is 2.26. The Kier molecular flexibility index (Phi) is 5.18. The molecule has 0 N–H and O–H groups in total. The lowest BCUT2D eigenvalue weighted by atomic mass is 9.97. The van der Waals surface area contributed by atoms with E-state index in [0.717, 1.165) is 47.8 Å². The Balaban J connectivity index is 1.31. The average Bonchev–Trinajstić information content (AvgIpc) is 3.12. The molecule has 0 bridgehead atoms. The van der Waals surface area contributed by atoms with Gasteiger partial charge >= 0.3 is 0 Å². The summed E-state index contributed by atoms with van der Waals surface area (Å²) in [6.45, 7) is 1.51. The van der Waals surface area contributed by atoms with Crippen molar-refractivity contribution in [3.63, 3.8) is 0 Å². The fourth-order valence-electron chi connectivity index (χ4n) is 3.21. The number of likely N-dealkylation sites (tertiary alicyclic amines) is 1. The minimum atomic E-state index is 0.181. The average molecular weight is 387 g/mol. The molecule has 4 rings (SSSR count). The van der Waals surface area contributed by atoms with Gasteiger partial charge in [0, 0.05) is 28.9 Å². The molecular formula is C20H19ClN2O2S. The van der Waals surface area contributed by atoms with Gasteiger partial charge < -0.3 is 9.32 Å². The molecule has 0 aliphatic carbocycles. The van der Waals surface area contributed by atoms with E-state index in [9.17, 15) is 4.79 Å². The summed E-state index contributed by atoms with van der Waals surface area (Å²) in [5.41, 5.74) is 1.74. The molecule has 2 heterocycles. The van der Waals surface area contributed by atoms with Crippen molar-refractivity contribution in [2.24, 2.45) is 0 Å². The van der Waals surface area contributed by atoms with Crippen LogP contribution in [0.15, 0.2) is 57.8 Å². The first-order chi connectivity index (χ1) is 12.7. The SMILES string of the molecule is O=C(CSc1ccc(Cl)cc1)N1CCC(c2nc3ccccc3o2)CC1. The smallest absolute Gasteiger partial charge is 0.232 e. The highest BCUT2D eigenvalue weighted by molar-refractivity contribution is 8.00. The van der Waals surface area contributed by atoms with Crippen LogP contribution < -0.4 is 0 Å². The molecule has 1 aliphatic heterocycles. The molecule has 1 aliphatic rings. The quantitative estimate of drug-likeness (QED) is 0.593. The van der Waals surface area contributed by atoms with Gasteiger partial charge in [-0.05, 0) is 49.2 Å². The first-order valence-electron chi connectivity index (χ1n) is 8.70. The van der Waals surface area contributed by atoms with E-state index in [1.807, 2.05) is 53.4 Å². The first-order valence-corrected chi connectivity index (χ1v) is 10.1. The van der Waals surface area contributed by atoms with Crippen molar-refractivity contribution in [1.29, 1.82) is 0 Å². The second-order valence-corrected chi connectivity index (χ2v) is 7.90. The van der Waals surface area contributed by atoms with Crippen molar-refractivity contribution in [3.05, 3.63) is 59.4 Å². The summed E-state index contributed by atoms with van der Waals surface area (Å²) in [4.78, 5) is 20.1. The first kappa shape index (κ1) is 17.4. The number of amides is 1. The van der Waals surface area contributed by atoms with Crippen LogP contribution in [-0.4, -0.2) is 34.6 Å². The normalized spacial score (nSPS) is 15.5. The third-order valence-corrected chi connectivity index (χ3v) is 5.93. The van der Waals surface area contributed by atoms with Crippen LogP contribution in [0, 0.1) is 0 Å². The van der Waals surface area contributed by atoms with Gasteiger partial charge in [-0.25, -0.2) is 4.98 Å². The van der Waals surface area contributed by atoms with E-state index in [1.165, 1.54) is 0 Å². The summed E-state index contributed by atoms with van der Waals surface area (Å²) in [7, 11) is 0. The molecular weight excluding hydrogens is 368 g/mol. The number of fused-ring (bicyclic) bond motifs is 1. The molecule has 1 fully saturated rings. The predicted octanol–water partition coefficient (Wildman–Crippen LogP) is 4.98. The molecule has 4 nitrogen and oxygen atoms in total. The maximum atomic E-state index is 12.5. The summed E-state index contributed by atoms with van der Waals surface area (Å²) in [6.07, 6.45) is 1.79. The number of benzene rings is 2. The maximum Gasteiger partial charge on any atom is 0.232 e. The van der Waals surface area contributed by atoms with Crippen LogP contribution in [-0.2, 0) is 4.79 Å². The van der Waals surface area contributed by atoms with Crippen molar-refractivity contribution < 1.29 is 9.21 Å². The Hall–Kier alpha value is -1.98. The molecule has 26 heavy (non-hydrogen) atoms. The van der Waals surface area contributed by atoms with Crippen LogP contribution in [0.25, 0.3) is 11.1 Å². The molecule has 0 saturated carbocycles. The molecule has 0 spiro atoms. The van der Waals surface area contributed by atoms with Crippen molar-refractivity contribution in [2.75, 3.05) is 18.8 Å². The van der Waals surface area contributed by atoms with E-state index in [4.69, 9.17) is 16.0 Å². The minimum Gasteiger partial charge on any atom is -0.440 e. The Morgan fingerprint density at radius 2 is 1.88 bits per heavy atom. The summed E-state index contributed by atoms with van der Waals surface area (Å²) < 4.78 is 5.89. The Labute approximate surface area is 161 Å². The van der Waals surface area contributed by atoms with Gasteiger partial charge in [-0.1, -0.05) is 23.7 Å². The molecule has 0 radical (unpaired) electrons. The van der Waals surface area contributed by atoms with Crippen molar-refractivity contribution in [2.45, 2.75) is 23.7 Å². The second-order valence-electron chi connectivity index (χ2n) is 6.42. The van der Waals surface area contributed by atoms with Gasteiger partial charge in [0.1, 0.15) is 5.52 Å². The molecule has 0 unspecified atom stereocenters. The summed E-state index contributed by atoms with van der Waals surface area (Å²) >= 11 is 7.44. The topological polar surface area (TPSA) is 46.3 Å². The van der Waals surface area contributed by atoms with Crippen LogP contribution in [0.2, 0.25) is 5.02 Å². The zero-order valence-electron chi connectivity index (χ0n) is 14.2. The number of oxazole rings is 1. The molecule has 1 amide bonds. The molecule has 3 aromatic rings. The van der Waals surface area contributed by atoms with Gasteiger partial charge in [-0.2, -0.15) is 0 Å². The third kappa shape index (κ3) is 3.89. The predicted molar refractivity (Wildman–Crippen MR) is 105 cm³/mol. The van der Waals surface area contributed by atoms with Crippen molar-refractivity contribution in [3.8, 4) is 0 Å². The zero-order chi connectivity index (χ0) is 17.9. The maximum absolute atomic E-state index is 12.5. The number of carbonyl (C=O) groups is 1. The number of halogens is 1. The van der Waals surface area contributed by atoms with Crippen LogP contribution in [0.5, 0.6) is 0 Å². The highest BCUT2D eigenvalue weighted by atomic mass is 35.5. The Morgan fingerprint density at radius 3 is 2.62 bits per heavy atom. The van der Waals surface area contributed by atoms with Crippen LogP contribution in [0.4, 0.5) is 0 Å². The van der Waals surface area contributed by atoms with E-state index < -0.39 is 0 Å². The zero-order valence-corrected chi connectivity index (χ0v) is 15.8. The standard InChI is InChI=1S/C20H19ClN2O2S/c21-15-5-7-16(8-6-15)26-13-19(24)23-11-9-14(10-12-23)20-22-17-3-1-2-4-18(17)25-20/h1-8,14H,9-13H2. The molecule has 1 saturated heterocycles. The number of para-hydroxylation sites is 2. The highest BCUT2D eigenvalue weighted by Crippen LogP contribution is 2.30. The number of aromatic nitrogens is 1. The summed E-state index contributed by atoms with van der Waals surface area (Å²) in [5.74, 6) is 1.72. The van der Waals surface area contributed by atoms with Crippen molar-refractivity contribution >= 4 is 40.4 Å². The van der Waals surface area contributed by atoms with Gasteiger partial charge in [-0.15, -0.1) is 11.8 Å². The van der Waals surface area contributed by atoms with Gasteiger partial charge in [-0.3, -0.25) is 4.79 Å². The summed E-state index contributed by atoms with van der Waals surface area (Å²) in [6, 6.07) is 15.4. The number of hydrogen-bond donors (Lipinski definition) is 0. The second kappa shape index (κ2) is 7.72. The van der Waals surface area contributed by atoms with Gasteiger partial charge in [0.25, 0.3) is 0 Å². The lowest BCUT2D eigenvalue weighted by molar-refractivity contribution is -0.129. The number of rotatable bonds is 4. The minimum absolute atomic E-state index is 0.181. The lowest BCUT2D eigenvalue weighted by Gasteiger charge is -2.30. The number of carbonyl (C=O) groups excluding carboxylic acids is 1. The molecule has 134 valence electrons. The largest absolute Gasteiger partial charge is 0.440 e. The number of hydrogen-bond acceptors (Lipinski definition) is 4. The monoisotopic (exact) mass is 386 g/mol. The van der Waals surface area contributed by atoms with Gasteiger partial charge in [0.05, 0.1) is 5.75 Å². The van der Waals surface area contributed by atoms with Crippen molar-refractivity contribution in [1.82, 2.24) is 9.88 Å². The van der Waals surface area contributed by atoms with Gasteiger partial charge in [0.15, 0.2) is 11.5 Å². The Morgan fingerprint density at radius 1 is 1.15 bits per heavy atom. The van der Waals surface area contributed by atoms with Crippen LogP contribution in [0.3, 0.4) is 0 Å².